The lowest BCUT2D eigenvalue weighted by atomic mass is 10.0. The number of likely N-dealkylation sites (tertiary alicyclic amines) is 1. The second kappa shape index (κ2) is 10.7. The van der Waals surface area contributed by atoms with Gasteiger partial charge in [0, 0.05) is 6.54 Å². The number of esters is 2. The molecule has 7 heteroatoms. The Labute approximate surface area is 165 Å². The van der Waals surface area contributed by atoms with Crippen molar-refractivity contribution in [2.45, 2.75) is 58.6 Å². The third-order valence-electron chi connectivity index (χ3n) is 4.36. The van der Waals surface area contributed by atoms with E-state index in [1.54, 1.807) is 19.1 Å². The molecule has 0 N–H and O–H groups in total. The van der Waals surface area contributed by atoms with Crippen LogP contribution in [-0.2, 0) is 30.3 Å². The zero-order valence-electron chi connectivity index (χ0n) is 16.8. The molecule has 1 aliphatic heterocycles. The number of benzene rings is 1. The van der Waals surface area contributed by atoms with Gasteiger partial charge in [-0.1, -0.05) is 12.1 Å². The topological polar surface area (TPSA) is 82.1 Å². The van der Waals surface area contributed by atoms with Crippen molar-refractivity contribution >= 4 is 17.8 Å². The van der Waals surface area contributed by atoms with Gasteiger partial charge in [-0.2, -0.15) is 0 Å². The number of rotatable bonds is 8. The zero-order valence-corrected chi connectivity index (χ0v) is 16.8. The predicted octanol–water partition coefficient (Wildman–Crippen LogP) is 2.50. The maximum absolute atomic E-state index is 12.5. The number of ether oxygens (including phenoxy) is 3. The van der Waals surface area contributed by atoms with Gasteiger partial charge < -0.3 is 19.1 Å². The molecule has 0 bridgehead atoms. The number of piperidine rings is 1. The molecule has 2 rings (SSSR count). The van der Waals surface area contributed by atoms with Gasteiger partial charge in [-0.05, 0) is 57.7 Å². The van der Waals surface area contributed by atoms with Crippen molar-refractivity contribution in [3.63, 3.8) is 0 Å². The Morgan fingerprint density at radius 2 is 1.96 bits per heavy atom. The molecule has 1 heterocycles. The van der Waals surface area contributed by atoms with Crippen LogP contribution in [0.1, 0.15) is 45.6 Å². The van der Waals surface area contributed by atoms with Crippen molar-refractivity contribution in [2.24, 2.45) is 0 Å². The normalized spacial score (nSPS) is 16.6. The Kier molecular flexibility index (Phi) is 8.29. The van der Waals surface area contributed by atoms with E-state index in [-0.39, 0.29) is 31.6 Å². The summed E-state index contributed by atoms with van der Waals surface area (Å²) in [5.41, 5.74) is 0.748. The highest BCUT2D eigenvalue weighted by atomic mass is 16.5. The lowest BCUT2D eigenvalue weighted by Crippen LogP contribution is -2.50. The average molecular weight is 391 g/mol. The second-order valence-electron chi connectivity index (χ2n) is 7.00. The average Bonchev–Trinajstić information content (AvgIpc) is 2.66. The minimum absolute atomic E-state index is 0.0386. The molecule has 1 amide bonds. The van der Waals surface area contributed by atoms with Gasteiger partial charge in [-0.25, -0.2) is 4.79 Å². The number of carbonyl (C=O) groups is 3. The molecule has 0 aliphatic carbocycles. The van der Waals surface area contributed by atoms with Gasteiger partial charge in [-0.3, -0.25) is 9.59 Å². The van der Waals surface area contributed by atoms with Crippen LogP contribution in [0.3, 0.4) is 0 Å². The van der Waals surface area contributed by atoms with Gasteiger partial charge in [0.1, 0.15) is 11.8 Å². The summed E-state index contributed by atoms with van der Waals surface area (Å²) in [6.07, 6.45) is 2.34. The monoisotopic (exact) mass is 391 g/mol. The molecule has 1 fully saturated rings. The number of carbonyl (C=O) groups excluding carboxylic acids is 3. The van der Waals surface area contributed by atoms with E-state index in [2.05, 4.69) is 0 Å². The highest BCUT2D eigenvalue weighted by Gasteiger charge is 2.33. The van der Waals surface area contributed by atoms with Crippen LogP contribution >= 0.6 is 0 Å². The van der Waals surface area contributed by atoms with E-state index >= 15 is 0 Å². The summed E-state index contributed by atoms with van der Waals surface area (Å²) in [5.74, 6) is -0.589. The first kappa shape index (κ1) is 21.7. The van der Waals surface area contributed by atoms with Crippen molar-refractivity contribution in [1.29, 1.82) is 0 Å². The number of amides is 1. The van der Waals surface area contributed by atoms with Crippen LogP contribution in [-0.4, -0.2) is 54.7 Å². The molecule has 1 aromatic rings. The number of hydrogen-bond donors (Lipinski definition) is 0. The maximum Gasteiger partial charge on any atom is 0.328 e. The summed E-state index contributed by atoms with van der Waals surface area (Å²) in [4.78, 5) is 38.1. The lowest BCUT2D eigenvalue weighted by molar-refractivity contribution is -0.160. The fourth-order valence-corrected chi connectivity index (χ4v) is 3.16. The van der Waals surface area contributed by atoms with Crippen molar-refractivity contribution in [2.75, 3.05) is 19.8 Å². The predicted molar refractivity (Wildman–Crippen MR) is 103 cm³/mol. The van der Waals surface area contributed by atoms with Crippen LogP contribution in [0.5, 0.6) is 5.75 Å². The van der Waals surface area contributed by atoms with Crippen LogP contribution in [0.4, 0.5) is 0 Å². The van der Waals surface area contributed by atoms with Crippen molar-refractivity contribution in [1.82, 2.24) is 4.90 Å². The lowest BCUT2D eigenvalue weighted by Gasteiger charge is -2.33. The summed E-state index contributed by atoms with van der Waals surface area (Å²) >= 11 is 0. The Bertz CT molecular complexity index is 687. The summed E-state index contributed by atoms with van der Waals surface area (Å²) in [6, 6.07) is 6.63. The third kappa shape index (κ3) is 6.55. The van der Waals surface area contributed by atoms with E-state index < -0.39 is 18.0 Å². The van der Waals surface area contributed by atoms with E-state index in [9.17, 15) is 14.4 Å². The first-order valence-electron chi connectivity index (χ1n) is 9.78. The van der Waals surface area contributed by atoms with Crippen molar-refractivity contribution in [3.05, 3.63) is 29.8 Å². The number of hydrogen-bond acceptors (Lipinski definition) is 6. The summed E-state index contributed by atoms with van der Waals surface area (Å²) in [7, 11) is 0. The van der Waals surface area contributed by atoms with E-state index in [4.69, 9.17) is 14.2 Å². The molecule has 1 aromatic carbocycles. The van der Waals surface area contributed by atoms with Crippen molar-refractivity contribution < 1.29 is 28.6 Å². The van der Waals surface area contributed by atoms with Crippen molar-refractivity contribution in [3.8, 4) is 5.75 Å². The molecule has 1 atom stereocenters. The van der Waals surface area contributed by atoms with Crippen LogP contribution in [0.25, 0.3) is 0 Å². The van der Waals surface area contributed by atoms with Crippen LogP contribution < -0.4 is 4.74 Å². The van der Waals surface area contributed by atoms with Gasteiger partial charge in [0.2, 0.25) is 0 Å². The molecule has 1 aliphatic rings. The molecule has 1 unspecified atom stereocenters. The highest BCUT2D eigenvalue weighted by Crippen LogP contribution is 2.19. The smallest absolute Gasteiger partial charge is 0.328 e. The quantitative estimate of drug-likeness (QED) is 0.633. The molecule has 0 saturated carbocycles. The zero-order chi connectivity index (χ0) is 20.5. The summed E-state index contributed by atoms with van der Waals surface area (Å²) in [6.45, 7) is 5.95. The molecule has 7 nitrogen and oxygen atoms in total. The summed E-state index contributed by atoms with van der Waals surface area (Å²) in [5, 5.41) is 0. The summed E-state index contributed by atoms with van der Waals surface area (Å²) < 4.78 is 15.8. The third-order valence-corrected chi connectivity index (χ3v) is 4.36. The van der Waals surface area contributed by atoms with Gasteiger partial charge >= 0.3 is 11.9 Å². The fraction of sp³-hybridized carbons (Fsp3) is 0.571. The molecule has 28 heavy (non-hydrogen) atoms. The van der Waals surface area contributed by atoms with E-state index in [0.29, 0.717) is 18.7 Å². The fourth-order valence-electron chi connectivity index (χ4n) is 3.16. The molecular weight excluding hydrogens is 362 g/mol. The molecule has 0 spiro atoms. The minimum atomic E-state index is -0.593. The standard InChI is InChI=1S/C21H29NO6/c1-4-26-21(25)18-10-5-6-11-22(18)19(23)14-27-20(24)13-16-8-7-9-17(12-16)28-15(2)3/h7-9,12,15,18H,4-6,10-11,13-14H2,1-3H3. The van der Waals surface area contributed by atoms with Gasteiger partial charge in [0.15, 0.2) is 6.61 Å². The van der Waals surface area contributed by atoms with E-state index in [1.165, 1.54) is 4.90 Å². The Morgan fingerprint density at radius 1 is 1.18 bits per heavy atom. The molecule has 0 radical (unpaired) electrons. The van der Waals surface area contributed by atoms with Crippen LogP contribution in [0, 0.1) is 0 Å². The first-order valence-corrected chi connectivity index (χ1v) is 9.78. The number of nitrogens with zero attached hydrogens (tertiary/aromatic N) is 1. The Hall–Kier alpha value is -2.57. The van der Waals surface area contributed by atoms with Gasteiger partial charge in [-0.15, -0.1) is 0 Å². The van der Waals surface area contributed by atoms with Gasteiger partial charge in [0.25, 0.3) is 5.91 Å². The van der Waals surface area contributed by atoms with E-state index in [0.717, 1.165) is 18.4 Å². The van der Waals surface area contributed by atoms with Gasteiger partial charge in [0.05, 0.1) is 19.1 Å². The molecule has 0 aromatic heterocycles. The highest BCUT2D eigenvalue weighted by molar-refractivity contribution is 5.86. The maximum atomic E-state index is 12.5. The van der Waals surface area contributed by atoms with E-state index in [1.807, 2.05) is 26.0 Å². The largest absolute Gasteiger partial charge is 0.491 e. The molecule has 154 valence electrons. The molecular formula is C21H29NO6. The Balaban J connectivity index is 1.87. The minimum Gasteiger partial charge on any atom is -0.491 e. The Morgan fingerprint density at radius 3 is 2.68 bits per heavy atom. The second-order valence-corrected chi connectivity index (χ2v) is 7.00. The van der Waals surface area contributed by atoms with Crippen LogP contribution in [0.2, 0.25) is 0 Å². The molecule has 1 saturated heterocycles. The van der Waals surface area contributed by atoms with Crippen LogP contribution in [0.15, 0.2) is 24.3 Å². The SMILES string of the molecule is CCOC(=O)C1CCCCN1C(=O)COC(=O)Cc1cccc(OC(C)C)c1. The first-order chi connectivity index (χ1) is 13.4.